The van der Waals surface area contributed by atoms with Gasteiger partial charge < -0.3 is 115 Å². The molecule has 12 rings (SSSR count). The van der Waals surface area contributed by atoms with Crippen molar-refractivity contribution in [2.24, 2.45) is 5.73 Å². The summed E-state index contributed by atoms with van der Waals surface area (Å²) in [5, 5.41) is 67.5. The lowest BCUT2D eigenvalue weighted by atomic mass is 10.1. The molecule has 1 unspecified atom stereocenters. The zero-order valence-electron chi connectivity index (χ0n) is 64.3. The molecule has 39 nitrogen and oxygen atoms in total. The number of methoxy groups -OCH3 is 2. The van der Waals surface area contributed by atoms with Gasteiger partial charge in [-0.05, 0) is 71.3 Å². The van der Waals surface area contributed by atoms with Crippen LogP contribution in [0.1, 0.15) is 83.5 Å². The molecule has 12 heterocycles. The summed E-state index contributed by atoms with van der Waals surface area (Å²) in [7, 11) is 3.12. The Morgan fingerprint density at radius 1 is 0.360 bits per heavy atom. The monoisotopic (exact) mass is 1570 g/mol. The summed E-state index contributed by atoms with van der Waals surface area (Å²) in [5.41, 5.74) is 0.944. The highest BCUT2D eigenvalue weighted by Gasteiger charge is 2.28. The van der Waals surface area contributed by atoms with Crippen molar-refractivity contribution >= 4 is 47.3 Å². The van der Waals surface area contributed by atoms with Crippen LogP contribution in [0.4, 0.5) is 0 Å². The molecule has 616 valence electrons. The van der Waals surface area contributed by atoms with Gasteiger partial charge in [0.15, 0.2) is 23.0 Å². The van der Waals surface area contributed by atoms with E-state index < -0.39 is 147 Å². The fourth-order valence-corrected chi connectivity index (χ4v) is 12.2. The third kappa shape index (κ3) is 29.2. The summed E-state index contributed by atoms with van der Waals surface area (Å²) >= 11 is 0. The van der Waals surface area contributed by atoms with Gasteiger partial charge in [-0.1, -0.05) is 6.42 Å². The highest BCUT2D eigenvalue weighted by molar-refractivity contribution is 5.99. The van der Waals surface area contributed by atoms with Crippen LogP contribution in [0.2, 0.25) is 0 Å². The van der Waals surface area contributed by atoms with E-state index in [2.05, 4.69) is 42.5 Å². The molecule has 4 aromatic heterocycles. The van der Waals surface area contributed by atoms with Gasteiger partial charge in [-0.3, -0.25) is 77.1 Å². The van der Waals surface area contributed by atoms with Crippen LogP contribution in [0.5, 0.6) is 23.0 Å². The Hall–Kier alpha value is -9.68. The van der Waals surface area contributed by atoms with Gasteiger partial charge in [0.25, 0.3) is 45.9 Å². The lowest BCUT2D eigenvalue weighted by Gasteiger charge is -2.31. The molecule has 0 saturated heterocycles. The Morgan fingerprint density at radius 3 is 0.946 bits per heavy atom. The SMILES string of the molecule is COCCOCCOCCN1CCNC(=O)Cn2c(C)cc(c(O)c2=O)C(=O)NCCN(CCN2CCNC(=O)c3cc(C)n(c(=O)c3O)CC(=O)NCCN(CCOCCOCCOC)CCNC(=O)Cn3c(C)cc(c(O)c3=O)C(=O)NC(CCCCN)C2)CCNC(=O)c2cc(C)n(c(=O)c2O)CC(=O)NCC1. The molecule has 8 bridgehead atoms. The molecule has 8 aliphatic heterocycles. The Morgan fingerprint density at radius 2 is 0.631 bits per heavy atom. The maximum atomic E-state index is 14.5. The van der Waals surface area contributed by atoms with Crippen molar-refractivity contribution in [2.45, 2.75) is 79.2 Å². The van der Waals surface area contributed by atoms with Crippen molar-refractivity contribution in [3.63, 3.8) is 0 Å². The van der Waals surface area contributed by atoms with Crippen molar-refractivity contribution in [2.75, 3.05) is 211 Å². The maximum absolute atomic E-state index is 14.5. The molecular weight excluding hydrogens is 1450 g/mol. The maximum Gasteiger partial charge on any atom is 0.294 e. The van der Waals surface area contributed by atoms with Crippen LogP contribution in [0, 0.1) is 27.7 Å². The van der Waals surface area contributed by atoms with Crippen LogP contribution in [0.15, 0.2) is 43.4 Å². The van der Waals surface area contributed by atoms with E-state index in [1.54, 1.807) is 19.1 Å². The quantitative estimate of drug-likeness (QED) is 0.0276. The number of aromatic nitrogens is 4. The van der Waals surface area contributed by atoms with Crippen molar-refractivity contribution < 1.29 is 87.2 Å². The van der Waals surface area contributed by atoms with Crippen LogP contribution in [0.3, 0.4) is 0 Å². The number of ether oxygens (including phenoxy) is 6. The van der Waals surface area contributed by atoms with Gasteiger partial charge in [0.05, 0.1) is 88.3 Å². The number of unbranched alkanes of at least 4 members (excludes halogenated alkanes) is 1. The second-order valence-corrected chi connectivity index (χ2v) is 26.6. The number of nitrogens with two attached hydrogens (primary N) is 1. The highest BCUT2D eigenvalue weighted by Crippen LogP contribution is 2.19. The number of carbonyl (C=O) groups is 8. The van der Waals surface area contributed by atoms with Crippen LogP contribution >= 0.6 is 0 Å². The summed E-state index contributed by atoms with van der Waals surface area (Å²) in [6.45, 7) is 9.07. The normalized spacial score (nSPS) is 17.4. The molecule has 0 saturated carbocycles. The standard InChI is InChI=1S/C72H111N17O22/c1-48-39-53-61(94)69(102)86(48)44-57(90)74-11-18-83(27-29-108-35-37-110-33-31-106-5)19-12-75-58(91)45-87-49(2)40-54(62(95)70(87)103)66(99)79-16-23-82(22-15-78-65(53)98)25-26-85-24-17-80-67(100)55-41-50(3)88(71(104)63(55)96)46-59(92)76-13-20-84(28-30-109-36-38-111-34-32-107-6)21-14-77-60(93)47-89-51(4)42-56(64(97)72(89)105)68(101)81-52(43-85)9-7-8-10-73/h39-42,52,94-97H,7-38,43-47,73H2,1-6H3,(H,74,90)(H,75,91)(H,76,92)(H,77,93)(H,78,98)(H,79,99)(H,80,100)(H,81,101). The average molecular weight is 1570 g/mol. The van der Waals surface area contributed by atoms with E-state index in [1.165, 1.54) is 52.0 Å². The number of nitrogens with one attached hydrogen (secondary N) is 8. The molecule has 0 aliphatic carbocycles. The first-order valence-electron chi connectivity index (χ1n) is 37.1. The summed E-state index contributed by atoms with van der Waals surface area (Å²) in [6.07, 6.45) is 1.25. The summed E-state index contributed by atoms with van der Waals surface area (Å²) in [4.78, 5) is 173. The Kier molecular flexibility index (Phi) is 38.6. The Labute approximate surface area is 642 Å². The van der Waals surface area contributed by atoms with E-state index in [0.717, 1.165) is 18.3 Å². The van der Waals surface area contributed by atoms with E-state index in [9.17, 15) is 78.0 Å². The number of pyridine rings is 4. The number of hydrogen-bond donors (Lipinski definition) is 13. The zero-order valence-corrected chi connectivity index (χ0v) is 64.3. The van der Waals surface area contributed by atoms with Gasteiger partial charge in [0.1, 0.15) is 26.2 Å². The van der Waals surface area contributed by atoms with E-state index in [-0.39, 0.29) is 173 Å². The predicted octanol–water partition coefficient (Wildman–Crippen LogP) is -5.03. The molecule has 4 aromatic rings. The number of hydrogen-bond acceptors (Lipinski definition) is 27. The van der Waals surface area contributed by atoms with E-state index in [0.29, 0.717) is 65.6 Å². The number of aromatic hydroxyl groups is 4. The molecule has 1 atom stereocenters. The second kappa shape index (κ2) is 47.5. The molecule has 14 N–H and O–H groups in total. The second-order valence-electron chi connectivity index (χ2n) is 26.6. The highest BCUT2D eigenvalue weighted by atomic mass is 16.5. The van der Waals surface area contributed by atoms with Gasteiger partial charge in [0, 0.05) is 167 Å². The van der Waals surface area contributed by atoms with E-state index in [1.807, 2.05) is 14.7 Å². The van der Waals surface area contributed by atoms with Crippen molar-refractivity contribution in [3.05, 3.63) is 111 Å². The summed E-state index contributed by atoms with van der Waals surface area (Å²) in [5.74, 6) is -9.55. The molecule has 0 radical (unpaired) electrons. The molecular formula is C72H111N17O22. The van der Waals surface area contributed by atoms with Crippen molar-refractivity contribution in [3.8, 4) is 23.0 Å². The van der Waals surface area contributed by atoms with E-state index >= 15 is 0 Å². The minimum Gasteiger partial charge on any atom is -0.502 e. The Balaban J connectivity index is 1.28. The topological polar surface area (TPSA) is 496 Å². The largest absolute Gasteiger partial charge is 0.502 e. The molecule has 0 fully saturated rings. The van der Waals surface area contributed by atoms with Gasteiger partial charge >= 0.3 is 0 Å². The lowest BCUT2D eigenvalue weighted by molar-refractivity contribution is -0.122. The fourth-order valence-electron chi connectivity index (χ4n) is 12.2. The number of aryl methyl sites for hydroxylation is 4. The third-order valence-corrected chi connectivity index (χ3v) is 18.5. The summed E-state index contributed by atoms with van der Waals surface area (Å²) < 4.78 is 36.4. The van der Waals surface area contributed by atoms with Crippen LogP contribution in [-0.2, 0) is 73.8 Å². The van der Waals surface area contributed by atoms with Gasteiger partial charge in [-0.25, -0.2) is 0 Å². The predicted molar refractivity (Wildman–Crippen MR) is 404 cm³/mol. The molecule has 0 spiro atoms. The molecule has 0 aromatic carbocycles. The van der Waals surface area contributed by atoms with Crippen molar-refractivity contribution in [1.29, 1.82) is 0 Å². The van der Waals surface area contributed by atoms with E-state index in [4.69, 9.17) is 34.2 Å². The van der Waals surface area contributed by atoms with Crippen LogP contribution < -0.4 is 70.5 Å². The van der Waals surface area contributed by atoms with Crippen LogP contribution in [0.25, 0.3) is 0 Å². The minimum absolute atomic E-state index is 0.00135. The first kappa shape index (κ1) is 90.2. The first-order chi connectivity index (χ1) is 53.3. The molecule has 8 aliphatic rings. The lowest BCUT2D eigenvalue weighted by Crippen LogP contribution is -2.49. The third-order valence-electron chi connectivity index (χ3n) is 18.5. The number of amides is 8. The number of nitrogens with zero attached hydrogens (tertiary/aromatic N) is 8. The zero-order chi connectivity index (χ0) is 80.9. The average Bonchev–Trinajstić information content (AvgIpc) is 0.746. The molecule has 39 heteroatoms. The summed E-state index contributed by atoms with van der Waals surface area (Å²) in [6, 6.07) is 4.26. The fraction of sp³-hybridized carbons (Fsp3) is 0.611. The number of rotatable bonds is 25. The Bertz CT molecular complexity index is 3920. The van der Waals surface area contributed by atoms with Gasteiger partial charge in [0.2, 0.25) is 23.6 Å². The number of carbonyl (C=O) groups excluding carboxylic acids is 8. The smallest absolute Gasteiger partial charge is 0.294 e. The molecule has 111 heavy (non-hydrogen) atoms. The minimum atomic E-state index is -1.02. The van der Waals surface area contributed by atoms with Gasteiger partial charge in [-0.2, -0.15) is 0 Å². The molecule has 8 amide bonds. The van der Waals surface area contributed by atoms with Crippen LogP contribution in [-0.4, -0.2) is 323 Å². The van der Waals surface area contributed by atoms with Crippen molar-refractivity contribution in [1.82, 2.24) is 80.4 Å². The first-order valence-corrected chi connectivity index (χ1v) is 37.1. The van der Waals surface area contributed by atoms with Gasteiger partial charge in [-0.15, -0.1) is 0 Å².